The molecule has 0 amide bonds. The Kier molecular flexibility index (Phi) is 4.99. The second-order valence-corrected chi connectivity index (χ2v) is 7.30. The van der Waals surface area contributed by atoms with Gasteiger partial charge in [-0.1, -0.05) is 12.1 Å². The summed E-state index contributed by atoms with van der Waals surface area (Å²) in [5.41, 5.74) is 2.36. The van der Waals surface area contributed by atoms with Crippen molar-refractivity contribution in [2.45, 2.75) is 18.8 Å². The molecule has 0 spiro atoms. The van der Waals surface area contributed by atoms with Crippen LogP contribution in [-0.4, -0.2) is 35.2 Å². The minimum absolute atomic E-state index is 0.357. The van der Waals surface area contributed by atoms with E-state index in [9.17, 15) is 0 Å². The fraction of sp³-hybridized carbons (Fsp3) is 0.300. The molecule has 1 aliphatic heterocycles. The van der Waals surface area contributed by atoms with Gasteiger partial charge in [-0.3, -0.25) is 4.98 Å². The van der Waals surface area contributed by atoms with Crippen LogP contribution in [0.1, 0.15) is 29.5 Å². The molecule has 4 rings (SSSR count). The van der Waals surface area contributed by atoms with Crippen molar-refractivity contribution in [3.63, 3.8) is 0 Å². The number of nitriles is 1. The third kappa shape index (κ3) is 3.62. The van der Waals surface area contributed by atoms with Crippen LogP contribution in [0.2, 0.25) is 0 Å². The number of para-hydroxylation sites is 1. The highest BCUT2D eigenvalue weighted by Crippen LogP contribution is 2.36. The molecule has 0 saturated carbocycles. The molecule has 27 heavy (non-hydrogen) atoms. The molecule has 3 aromatic rings. The molecule has 6 nitrogen and oxygen atoms in total. The van der Waals surface area contributed by atoms with Gasteiger partial charge >= 0.3 is 0 Å². The van der Waals surface area contributed by atoms with Crippen molar-refractivity contribution in [1.29, 1.82) is 5.26 Å². The van der Waals surface area contributed by atoms with Crippen LogP contribution in [0.4, 0.5) is 5.82 Å². The zero-order valence-corrected chi connectivity index (χ0v) is 15.8. The fourth-order valence-corrected chi connectivity index (χ4v) is 4.36. The number of aromatic nitrogens is 3. The number of thiazole rings is 1. The van der Waals surface area contributed by atoms with Gasteiger partial charge in [-0.05, 0) is 25.0 Å². The number of hydrogen-bond donors (Lipinski definition) is 0. The molecule has 2 aromatic heterocycles. The lowest BCUT2D eigenvalue weighted by molar-refractivity contribution is 0.416. The Bertz CT molecular complexity index is 972. The van der Waals surface area contributed by atoms with E-state index in [-0.39, 0.29) is 0 Å². The first-order chi connectivity index (χ1) is 13.3. The van der Waals surface area contributed by atoms with E-state index in [1.54, 1.807) is 24.6 Å². The summed E-state index contributed by atoms with van der Waals surface area (Å²) >= 11 is 1.72. The summed E-state index contributed by atoms with van der Waals surface area (Å²) < 4.78 is 5.46. The lowest BCUT2D eigenvalue weighted by Crippen LogP contribution is -2.33. The normalized spacial score (nSPS) is 14.7. The van der Waals surface area contributed by atoms with Gasteiger partial charge in [0.15, 0.2) is 5.69 Å². The number of ether oxygens (including phenoxy) is 1. The maximum absolute atomic E-state index is 9.00. The number of hydrogen-bond acceptors (Lipinski definition) is 7. The third-order valence-corrected chi connectivity index (χ3v) is 5.82. The second kappa shape index (κ2) is 7.72. The molecule has 1 aliphatic rings. The van der Waals surface area contributed by atoms with Gasteiger partial charge in [-0.15, -0.1) is 11.3 Å². The smallest absolute Gasteiger partial charge is 0.161 e. The number of nitrogens with zero attached hydrogens (tertiary/aromatic N) is 5. The quantitative estimate of drug-likeness (QED) is 0.687. The zero-order valence-electron chi connectivity index (χ0n) is 15.0. The van der Waals surface area contributed by atoms with Crippen molar-refractivity contribution < 1.29 is 4.74 Å². The number of methoxy groups -OCH3 is 1. The SMILES string of the molecule is COc1ccccc1-c1csc(C2CCN(c3cncc(C#N)n3)CC2)n1. The maximum Gasteiger partial charge on any atom is 0.161 e. The van der Waals surface area contributed by atoms with Crippen LogP contribution >= 0.6 is 11.3 Å². The van der Waals surface area contributed by atoms with Crippen LogP contribution in [0.15, 0.2) is 42.0 Å². The first kappa shape index (κ1) is 17.4. The minimum atomic E-state index is 0.357. The molecule has 136 valence electrons. The van der Waals surface area contributed by atoms with Crippen LogP contribution in [0.3, 0.4) is 0 Å². The van der Waals surface area contributed by atoms with Crippen molar-refractivity contribution >= 4 is 17.2 Å². The molecular weight excluding hydrogens is 358 g/mol. The predicted octanol–water partition coefficient (Wildman–Crippen LogP) is 3.86. The summed E-state index contributed by atoms with van der Waals surface area (Å²) in [7, 11) is 1.69. The number of benzene rings is 1. The lowest BCUT2D eigenvalue weighted by atomic mass is 9.97. The molecule has 7 heteroatoms. The number of anilines is 1. The Morgan fingerprint density at radius 3 is 2.78 bits per heavy atom. The summed E-state index contributed by atoms with van der Waals surface area (Å²) in [5.74, 6) is 2.07. The first-order valence-electron chi connectivity index (χ1n) is 8.84. The highest BCUT2D eigenvalue weighted by molar-refractivity contribution is 7.10. The Morgan fingerprint density at radius 2 is 2.00 bits per heavy atom. The van der Waals surface area contributed by atoms with Gasteiger partial charge < -0.3 is 9.64 Å². The standard InChI is InChI=1S/C20H19N5OS/c1-26-18-5-3-2-4-16(18)17-13-27-20(24-17)14-6-8-25(9-7-14)19-12-22-11-15(10-21)23-19/h2-5,11-14H,6-9H2,1H3. The van der Waals surface area contributed by atoms with E-state index in [4.69, 9.17) is 15.0 Å². The Hall–Kier alpha value is -2.98. The molecule has 0 radical (unpaired) electrons. The highest BCUT2D eigenvalue weighted by Gasteiger charge is 2.24. The number of rotatable bonds is 4. The van der Waals surface area contributed by atoms with Crippen LogP contribution in [-0.2, 0) is 0 Å². The van der Waals surface area contributed by atoms with Crippen molar-refractivity contribution in [1.82, 2.24) is 15.0 Å². The van der Waals surface area contributed by atoms with Gasteiger partial charge in [0.25, 0.3) is 0 Å². The summed E-state index contributed by atoms with van der Waals surface area (Å²) in [4.78, 5) is 15.5. The predicted molar refractivity (Wildman–Crippen MR) is 105 cm³/mol. The number of piperidine rings is 1. The minimum Gasteiger partial charge on any atom is -0.496 e. The zero-order chi connectivity index (χ0) is 18.6. The van der Waals surface area contributed by atoms with Gasteiger partial charge in [0.05, 0.1) is 30.2 Å². The van der Waals surface area contributed by atoms with E-state index in [0.717, 1.165) is 48.8 Å². The largest absolute Gasteiger partial charge is 0.496 e. The summed E-state index contributed by atoms with van der Waals surface area (Å²) in [5, 5.41) is 12.3. The van der Waals surface area contributed by atoms with Crippen molar-refractivity contribution in [3.8, 4) is 23.1 Å². The van der Waals surface area contributed by atoms with Crippen molar-refractivity contribution in [2.75, 3.05) is 25.1 Å². The van der Waals surface area contributed by atoms with Crippen LogP contribution in [0.25, 0.3) is 11.3 Å². The molecule has 0 atom stereocenters. The van der Waals surface area contributed by atoms with E-state index < -0.39 is 0 Å². The Labute approximate surface area is 162 Å². The summed E-state index contributed by atoms with van der Waals surface area (Å²) in [6.07, 6.45) is 5.24. The molecule has 1 fully saturated rings. The van der Waals surface area contributed by atoms with Crippen molar-refractivity contribution in [2.24, 2.45) is 0 Å². The van der Waals surface area contributed by atoms with E-state index in [1.807, 2.05) is 30.3 Å². The monoisotopic (exact) mass is 377 g/mol. The second-order valence-electron chi connectivity index (χ2n) is 6.41. The molecule has 3 heterocycles. The van der Waals surface area contributed by atoms with Crippen LogP contribution in [0.5, 0.6) is 5.75 Å². The molecule has 0 N–H and O–H groups in total. The molecular formula is C20H19N5OS. The van der Waals surface area contributed by atoms with Gasteiger partial charge in [0.2, 0.25) is 0 Å². The van der Waals surface area contributed by atoms with Crippen molar-refractivity contribution in [3.05, 3.63) is 52.7 Å². The van der Waals surface area contributed by atoms with Crippen LogP contribution in [0, 0.1) is 11.3 Å². The van der Waals surface area contributed by atoms with Gasteiger partial charge in [0, 0.05) is 30.0 Å². The van der Waals surface area contributed by atoms with E-state index in [0.29, 0.717) is 11.6 Å². The molecule has 1 aromatic carbocycles. The topological polar surface area (TPSA) is 74.9 Å². The molecule has 0 unspecified atom stereocenters. The lowest BCUT2D eigenvalue weighted by Gasteiger charge is -2.31. The Morgan fingerprint density at radius 1 is 1.19 bits per heavy atom. The third-order valence-electron chi connectivity index (χ3n) is 4.81. The van der Waals surface area contributed by atoms with Gasteiger partial charge in [-0.2, -0.15) is 5.26 Å². The van der Waals surface area contributed by atoms with E-state index in [2.05, 4.69) is 20.2 Å². The highest BCUT2D eigenvalue weighted by atomic mass is 32.1. The van der Waals surface area contributed by atoms with Gasteiger partial charge in [0.1, 0.15) is 17.6 Å². The van der Waals surface area contributed by atoms with E-state index >= 15 is 0 Å². The summed E-state index contributed by atoms with van der Waals surface area (Å²) in [6, 6.07) is 10.0. The molecule has 0 aliphatic carbocycles. The maximum atomic E-state index is 9.00. The molecule has 0 bridgehead atoms. The van der Waals surface area contributed by atoms with Gasteiger partial charge in [-0.25, -0.2) is 9.97 Å². The summed E-state index contributed by atoms with van der Waals surface area (Å²) in [6.45, 7) is 1.77. The van der Waals surface area contributed by atoms with E-state index in [1.165, 1.54) is 11.2 Å². The average molecular weight is 377 g/mol. The first-order valence-corrected chi connectivity index (χ1v) is 9.72. The Balaban J connectivity index is 1.46. The average Bonchev–Trinajstić information content (AvgIpc) is 3.24. The fourth-order valence-electron chi connectivity index (χ4n) is 3.37. The van der Waals surface area contributed by atoms with Crippen LogP contribution < -0.4 is 9.64 Å². The molecule has 1 saturated heterocycles.